The summed E-state index contributed by atoms with van der Waals surface area (Å²) in [5.74, 6) is 0.672. The van der Waals surface area contributed by atoms with E-state index >= 15 is 0 Å². The van der Waals surface area contributed by atoms with Crippen LogP contribution >= 0.6 is 0 Å². The number of ether oxygens (including phenoxy) is 2. The van der Waals surface area contributed by atoms with Gasteiger partial charge in [0.15, 0.2) is 0 Å². The Labute approximate surface area is 173 Å². The van der Waals surface area contributed by atoms with Crippen molar-refractivity contribution in [2.75, 3.05) is 13.2 Å². The van der Waals surface area contributed by atoms with E-state index in [0.717, 1.165) is 41.9 Å². The third-order valence-electron chi connectivity index (χ3n) is 5.81. The SMILES string of the molecule is CCCCOc1ccc(-c2ccc(C3(O)CCC(C(=O)OCC)CC3)cc2)cc1. The van der Waals surface area contributed by atoms with Gasteiger partial charge in [-0.15, -0.1) is 0 Å². The van der Waals surface area contributed by atoms with Gasteiger partial charge in [-0.25, -0.2) is 0 Å². The third kappa shape index (κ3) is 5.39. The van der Waals surface area contributed by atoms with Crippen LogP contribution in [0.4, 0.5) is 0 Å². The Bertz CT molecular complexity index is 771. The lowest BCUT2D eigenvalue weighted by molar-refractivity contribution is -0.151. The maximum Gasteiger partial charge on any atom is 0.308 e. The van der Waals surface area contributed by atoms with Gasteiger partial charge in [0, 0.05) is 0 Å². The van der Waals surface area contributed by atoms with Crippen molar-refractivity contribution in [3.05, 3.63) is 54.1 Å². The molecule has 0 bridgehead atoms. The quantitative estimate of drug-likeness (QED) is 0.475. The second-order valence-corrected chi connectivity index (χ2v) is 7.86. The van der Waals surface area contributed by atoms with E-state index < -0.39 is 5.60 Å². The summed E-state index contributed by atoms with van der Waals surface area (Å²) in [6.45, 7) is 5.14. The van der Waals surface area contributed by atoms with E-state index in [9.17, 15) is 9.90 Å². The Kier molecular flexibility index (Phi) is 7.32. The average molecular weight is 397 g/mol. The summed E-state index contributed by atoms with van der Waals surface area (Å²) in [4.78, 5) is 11.9. The molecule has 0 unspecified atom stereocenters. The van der Waals surface area contributed by atoms with Gasteiger partial charge in [-0.2, -0.15) is 0 Å². The van der Waals surface area contributed by atoms with Crippen LogP contribution in [0.25, 0.3) is 11.1 Å². The summed E-state index contributed by atoms with van der Waals surface area (Å²) in [6, 6.07) is 16.3. The minimum absolute atomic E-state index is 0.0902. The lowest BCUT2D eigenvalue weighted by Crippen LogP contribution is -2.34. The van der Waals surface area contributed by atoms with E-state index in [4.69, 9.17) is 9.47 Å². The minimum Gasteiger partial charge on any atom is -0.494 e. The van der Waals surface area contributed by atoms with E-state index in [0.29, 0.717) is 32.3 Å². The molecule has 156 valence electrons. The molecule has 0 heterocycles. The fraction of sp³-hybridized carbons (Fsp3) is 0.480. The number of benzene rings is 2. The largest absolute Gasteiger partial charge is 0.494 e. The first-order valence-electron chi connectivity index (χ1n) is 10.8. The van der Waals surface area contributed by atoms with Gasteiger partial charge in [-0.3, -0.25) is 4.79 Å². The summed E-state index contributed by atoms with van der Waals surface area (Å²) in [7, 11) is 0. The molecule has 0 radical (unpaired) electrons. The molecule has 0 saturated heterocycles. The van der Waals surface area contributed by atoms with Crippen LogP contribution in [0.5, 0.6) is 5.75 Å². The van der Waals surface area contributed by atoms with Crippen LogP contribution < -0.4 is 4.74 Å². The lowest BCUT2D eigenvalue weighted by Gasteiger charge is -2.35. The van der Waals surface area contributed by atoms with E-state index in [2.05, 4.69) is 31.2 Å². The first-order valence-corrected chi connectivity index (χ1v) is 10.8. The molecule has 2 aromatic carbocycles. The van der Waals surface area contributed by atoms with Gasteiger partial charge in [0.05, 0.1) is 24.7 Å². The maximum atomic E-state index is 11.9. The number of carbonyl (C=O) groups is 1. The predicted molar refractivity (Wildman–Crippen MR) is 115 cm³/mol. The number of hydrogen-bond donors (Lipinski definition) is 1. The van der Waals surface area contributed by atoms with Crippen molar-refractivity contribution in [2.24, 2.45) is 5.92 Å². The molecule has 1 saturated carbocycles. The molecule has 4 heteroatoms. The second-order valence-electron chi connectivity index (χ2n) is 7.86. The standard InChI is InChI=1S/C25H32O4/c1-3-5-18-29-23-12-8-20(9-13-23)19-6-10-22(11-7-19)25(27)16-14-21(15-17-25)24(26)28-4-2/h6-13,21,27H,3-5,14-18H2,1-2H3. The van der Waals surface area contributed by atoms with E-state index in [1.165, 1.54) is 0 Å². The Balaban J connectivity index is 1.62. The van der Waals surface area contributed by atoms with Gasteiger partial charge in [-0.1, -0.05) is 49.7 Å². The van der Waals surface area contributed by atoms with E-state index in [1.807, 2.05) is 31.2 Å². The van der Waals surface area contributed by atoms with E-state index in [-0.39, 0.29) is 11.9 Å². The Hall–Kier alpha value is -2.33. The van der Waals surface area contributed by atoms with Crippen molar-refractivity contribution in [3.63, 3.8) is 0 Å². The van der Waals surface area contributed by atoms with Crippen LogP contribution in [0.1, 0.15) is 57.9 Å². The zero-order chi connectivity index (χ0) is 20.7. The molecule has 0 amide bonds. The summed E-state index contributed by atoms with van der Waals surface area (Å²) in [6.07, 6.45) is 4.68. The van der Waals surface area contributed by atoms with E-state index in [1.54, 1.807) is 0 Å². The zero-order valence-corrected chi connectivity index (χ0v) is 17.5. The van der Waals surface area contributed by atoms with Crippen LogP contribution in [0, 0.1) is 5.92 Å². The van der Waals surface area contributed by atoms with Crippen LogP contribution in [0.2, 0.25) is 0 Å². The smallest absolute Gasteiger partial charge is 0.308 e. The van der Waals surface area contributed by atoms with Crippen molar-refractivity contribution in [2.45, 2.75) is 58.0 Å². The minimum atomic E-state index is -0.863. The van der Waals surface area contributed by atoms with Gasteiger partial charge in [-0.05, 0) is 67.9 Å². The normalized spacial score (nSPS) is 21.6. The van der Waals surface area contributed by atoms with Gasteiger partial charge < -0.3 is 14.6 Å². The van der Waals surface area contributed by atoms with Gasteiger partial charge in [0.2, 0.25) is 0 Å². The molecule has 3 rings (SSSR count). The highest BCUT2D eigenvalue weighted by molar-refractivity contribution is 5.72. The molecule has 1 N–H and O–H groups in total. The fourth-order valence-electron chi connectivity index (χ4n) is 3.93. The summed E-state index contributed by atoms with van der Waals surface area (Å²) in [5.41, 5.74) is 2.29. The molecule has 0 aromatic heterocycles. The highest BCUT2D eigenvalue weighted by Gasteiger charge is 2.37. The van der Waals surface area contributed by atoms with Crippen LogP contribution in [-0.4, -0.2) is 24.3 Å². The Morgan fingerprint density at radius 3 is 2.14 bits per heavy atom. The summed E-state index contributed by atoms with van der Waals surface area (Å²) in [5, 5.41) is 11.1. The van der Waals surface area contributed by atoms with Gasteiger partial charge in [0.1, 0.15) is 5.75 Å². The number of hydrogen-bond acceptors (Lipinski definition) is 4. The van der Waals surface area contributed by atoms with Crippen molar-refractivity contribution >= 4 is 5.97 Å². The Morgan fingerprint density at radius 2 is 1.59 bits per heavy atom. The molecule has 1 aliphatic rings. The molecular weight excluding hydrogens is 364 g/mol. The van der Waals surface area contributed by atoms with Gasteiger partial charge in [0.25, 0.3) is 0 Å². The van der Waals surface area contributed by atoms with Crippen LogP contribution in [0.15, 0.2) is 48.5 Å². The summed E-state index contributed by atoms with van der Waals surface area (Å²) >= 11 is 0. The predicted octanol–water partition coefficient (Wildman–Crippen LogP) is 5.47. The number of esters is 1. The van der Waals surface area contributed by atoms with Crippen LogP contribution in [0.3, 0.4) is 0 Å². The molecule has 4 nitrogen and oxygen atoms in total. The average Bonchev–Trinajstić information content (AvgIpc) is 2.75. The first kappa shape index (κ1) is 21.4. The number of rotatable bonds is 8. The molecular formula is C25H32O4. The Morgan fingerprint density at radius 1 is 1.00 bits per heavy atom. The van der Waals surface area contributed by atoms with Crippen molar-refractivity contribution in [3.8, 4) is 16.9 Å². The van der Waals surface area contributed by atoms with Crippen molar-refractivity contribution in [1.82, 2.24) is 0 Å². The number of unbranched alkanes of at least 4 members (excludes halogenated alkanes) is 1. The topological polar surface area (TPSA) is 55.8 Å². The molecule has 0 spiro atoms. The molecule has 1 aliphatic carbocycles. The maximum absolute atomic E-state index is 11.9. The van der Waals surface area contributed by atoms with Gasteiger partial charge >= 0.3 is 5.97 Å². The first-order chi connectivity index (χ1) is 14.1. The molecule has 0 atom stereocenters. The zero-order valence-electron chi connectivity index (χ0n) is 17.5. The fourth-order valence-corrected chi connectivity index (χ4v) is 3.93. The van der Waals surface area contributed by atoms with Crippen LogP contribution in [-0.2, 0) is 15.1 Å². The highest BCUT2D eigenvalue weighted by Crippen LogP contribution is 2.40. The molecule has 29 heavy (non-hydrogen) atoms. The monoisotopic (exact) mass is 396 g/mol. The number of aliphatic hydroxyl groups is 1. The summed E-state index contributed by atoms with van der Waals surface area (Å²) < 4.78 is 10.8. The third-order valence-corrected chi connectivity index (χ3v) is 5.81. The molecule has 2 aromatic rings. The van der Waals surface area contributed by atoms with Crippen molar-refractivity contribution in [1.29, 1.82) is 0 Å². The molecule has 1 fully saturated rings. The molecule has 0 aliphatic heterocycles. The highest BCUT2D eigenvalue weighted by atomic mass is 16.5. The number of carbonyl (C=O) groups excluding carboxylic acids is 1. The lowest BCUT2D eigenvalue weighted by atomic mass is 9.75. The second kappa shape index (κ2) is 9.93. The van der Waals surface area contributed by atoms with Crippen molar-refractivity contribution < 1.29 is 19.4 Å².